The van der Waals surface area contributed by atoms with Crippen LogP contribution in [0.1, 0.15) is 33.4 Å². The molecule has 0 radical (unpaired) electrons. The molecule has 9 heteroatoms. The van der Waals surface area contributed by atoms with E-state index in [2.05, 4.69) is 215 Å². The molecule has 0 aromatic heterocycles. The number of ether oxygens (including phenoxy) is 6. The number of anilines is 9. The first kappa shape index (κ1) is 54.0. The number of hydrogen-bond acceptors (Lipinski definition) is 9. The molecule has 0 saturated carbocycles. The molecular formula is C72H63N3O6. The van der Waals surface area contributed by atoms with Crippen molar-refractivity contribution >= 4 is 87.6 Å². The van der Waals surface area contributed by atoms with E-state index in [4.69, 9.17) is 28.4 Å². The van der Waals surface area contributed by atoms with Crippen molar-refractivity contribution in [3.63, 3.8) is 0 Å². The molecule has 0 saturated heterocycles. The molecule has 0 aliphatic carbocycles. The van der Waals surface area contributed by atoms with Crippen LogP contribution in [0, 0.1) is 0 Å². The van der Waals surface area contributed by atoms with Crippen LogP contribution in [0.25, 0.3) is 36.5 Å². The Hall–Kier alpha value is -10.4. The van der Waals surface area contributed by atoms with Crippen LogP contribution in [0.3, 0.4) is 0 Å². The van der Waals surface area contributed by atoms with Crippen molar-refractivity contribution in [3.8, 4) is 34.5 Å². The van der Waals surface area contributed by atoms with Crippen LogP contribution in [0.15, 0.2) is 237 Å². The molecule has 0 amide bonds. The highest BCUT2D eigenvalue weighted by Crippen LogP contribution is 2.40. The summed E-state index contributed by atoms with van der Waals surface area (Å²) in [5.41, 5.74) is 15.5. The highest BCUT2D eigenvalue weighted by Gasteiger charge is 2.16. The van der Waals surface area contributed by atoms with Gasteiger partial charge in [-0.15, -0.1) is 0 Å². The summed E-state index contributed by atoms with van der Waals surface area (Å²) in [6, 6.07) is 81.0. The third-order valence-corrected chi connectivity index (χ3v) is 13.8. The molecule has 0 bridgehead atoms. The van der Waals surface area contributed by atoms with Crippen LogP contribution in [-0.2, 0) is 0 Å². The van der Waals surface area contributed by atoms with Gasteiger partial charge in [0.25, 0.3) is 0 Å². The fraction of sp³-hybridized carbons (Fsp3) is 0.0833. The SMILES string of the molecule is COc1ccc(N(c2ccc(/C=C/c3cc(/C=C/c4ccc(N(c5ccc(OC)cc5)c5ccc(OC)cc5)cc4)cc(/C=C/c4ccc(N(c5ccc(OC)cc5)c5ccc(OC)cc5)cc4)c3)cc2)c2ccc(OC)cc2)cc1. The van der Waals surface area contributed by atoms with Gasteiger partial charge in [0.2, 0.25) is 0 Å². The van der Waals surface area contributed by atoms with Crippen molar-refractivity contribution in [2.45, 2.75) is 0 Å². The lowest BCUT2D eigenvalue weighted by atomic mass is 10.0. The van der Waals surface area contributed by atoms with Crippen LogP contribution < -0.4 is 43.1 Å². The highest BCUT2D eigenvalue weighted by atomic mass is 16.5. The Morgan fingerprint density at radius 3 is 0.469 bits per heavy atom. The van der Waals surface area contributed by atoms with Crippen molar-refractivity contribution < 1.29 is 28.4 Å². The second kappa shape index (κ2) is 25.8. The largest absolute Gasteiger partial charge is 0.497 e. The molecule has 0 fully saturated rings. The van der Waals surface area contributed by atoms with E-state index in [1.54, 1.807) is 42.7 Å². The predicted octanol–water partition coefficient (Wildman–Crippen LogP) is 18.7. The number of methoxy groups -OCH3 is 6. The normalized spacial score (nSPS) is 11.2. The standard InChI is InChI=1S/C72H63N3O6/c1-76-67-37-25-61(26-38-67)73(62-27-39-68(77-2)40-28-62)58-19-13-52(14-20-58)7-10-55-49-56(11-8-53-15-21-59(22-16-53)74(63-29-41-69(78-3)42-30-63)64-31-43-70(79-4)44-32-64)51-57(50-55)12-9-54-17-23-60(24-18-54)75(65-33-45-71(80-5)46-34-65)66-35-47-72(81-6)48-36-66/h7-51H,1-6H3/b10-7+,11-8+,12-9+. The number of hydrogen-bond donors (Lipinski definition) is 0. The fourth-order valence-corrected chi connectivity index (χ4v) is 9.50. The number of nitrogens with zero attached hydrogens (tertiary/aromatic N) is 3. The molecule has 0 spiro atoms. The molecule has 0 N–H and O–H groups in total. The molecule has 10 rings (SSSR count). The van der Waals surface area contributed by atoms with E-state index < -0.39 is 0 Å². The Labute approximate surface area is 475 Å². The quantitative estimate of drug-likeness (QED) is 0.0655. The summed E-state index contributed by atoms with van der Waals surface area (Å²) in [4.78, 5) is 6.66. The summed E-state index contributed by atoms with van der Waals surface area (Å²) in [6.07, 6.45) is 13.0. The molecule has 0 aliphatic rings. The van der Waals surface area contributed by atoms with E-state index in [-0.39, 0.29) is 0 Å². The molecule has 0 unspecified atom stereocenters. The van der Waals surface area contributed by atoms with Crippen LogP contribution in [0.4, 0.5) is 51.2 Å². The lowest BCUT2D eigenvalue weighted by Crippen LogP contribution is -2.09. The summed E-state index contributed by atoms with van der Waals surface area (Å²) >= 11 is 0. The predicted molar refractivity (Wildman–Crippen MR) is 336 cm³/mol. The molecule has 9 nitrogen and oxygen atoms in total. The molecule has 0 aliphatic heterocycles. The fourth-order valence-electron chi connectivity index (χ4n) is 9.50. The first-order valence-electron chi connectivity index (χ1n) is 26.5. The zero-order valence-corrected chi connectivity index (χ0v) is 46.3. The second-order valence-corrected chi connectivity index (χ2v) is 18.9. The van der Waals surface area contributed by atoms with Crippen molar-refractivity contribution in [2.75, 3.05) is 57.4 Å². The summed E-state index contributed by atoms with van der Waals surface area (Å²) in [7, 11) is 10.1. The monoisotopic (exact) mass is 1070 g/mol. The smallest absolute Gasteiger partial charge is 0.119 e. The van der Waals surface area contributed by atoms with Crippen LogP contribution in [0.2, 0.25) is 0 Å². The van der Waals surface area contributed by atoms with Crippen molar-refractivity contribution in [1.29, 1.82) is 0 Å². The Morgan fingerprint density at radius 1 is 0.185 bits per heavy atom. The Kier molecular flexibility index (Phi) is 17.2. The van der Waals surface area contributed by atoms with Crippen molar-refractivity contribution in [3.05, 3.63) is 270 Å². The second-order valence-electron chi connectivity index (χ2n) is 18.9. The van der Waals surface area contributed by atoms with Gasteiger partial charge in [0.1, 0.15) is 34.5 Å². The minimum Gasteiger partial charge on any atom is -0.497 e. The summed E-state index contributed by atoms with van der Waals surface area (Å²) in [6.45, 7) is 0. The molecule has 10 aromatic carbocycles. The highest BCUT2D eigenvalue weighted by molar-refractivity contribution is 5.84. The van der Waals surface area contributed by atoms with Gasteiger partial charge in [0.05, 0.1) is 42.7 Å². The Bertz CT molecular complexity index is 3160. The molecule has 0 atom stereocenters. The van der Waals surface area contributed by atoms with E-state index in [9.17, 15) is 0 Å². The third-order valence-electron chi connectivity index (χ3n) is 13.8. The van der Waals surface area contributed by atoms with Crippen LogP contribution >= 0.6 is 0 Å². The van der Waals surface area contributed by atoms with Gasteiger partial charge in [0, 0.05) is 51.2 Å². The zero-order chi connectivity index (χ0) is 55.9. The van der Waals surface area contributed by atoms with Gasteiger partial charge >= 0.3 is 0 Å². The number of rotatable bonds is 21. The minimum atomic E-state index is 0.799. The van der Waals surface area contributed by atoms with Gasteiger partial charge in [-0.1, -0.05) is 72.9 Å². The van der Waals surface area contributed by atoms with E-state index >= 15 is 0 Å². The lowest BCUT2D eigenvalue weighted by molar-refractivity contribution is 0.414. The molecule has 81 heavy (non-hydrogen) atoms. The average Bonchev–Trinajstić information content (AvgIpc) is 3.54. The third kappa shape index (κ3) is 13.3. The lowest BCUT2D eigenvalue weighted by Gasteiger charge is -2.26. The Balaban J connectivity index is 0.950. The van der Waals surface area contributed by atoms with Crippen molar-refractivity contribution in [2.24, 2.45) is 0 Å². The minimum absolute atomic E-state index is 0.799. The van der Waals surface area contributed by atoms with Gasteiger partial charge in [-0.3, -0.25) is 0 Å². The van der Waals surface area contributed by atoms with Gasteiger partial charge in [-0.25, -0.2) is 0 Å². The summed E-state index contributed by atoms with van der Waals surface area (Å²) < 4.78 is 32.9. The van der Waals surface area contributed by atoms with Crippen LogP contribution in [-0.4, -0.2) is 42.7 Å². The van der Waals surface area contributed by atoms with E-state index in [1.165, 1.54) is 0 Å². The molecule has 10 aromatic rings. The zero-order valence-electron chi connectivity index (χ0n) is 46.3. The maximum Gasteiger partial charge on any atom is 0.119 e. The van der Waals surface area contributed by atoms with Gasteiger partial charge < -0.3 is 43.1 Å². The average molecular weight is 1070 g/mol. The van der Waals surface area contributed by atoms with Gasteiger partial charge in [-0.2, -0.15) is 0 Å². The molecule has 402 valence electrons. The van der Waals surface area contributed by atoms with Crippen LogP contribution in [0.5, 0.6) is 34.5 Å². The van der Waals surface area contributed by atoms with Crippen molar-refractivity contribution in [1.82, 2.24) is 0 Å². The summed E-state index contributed by atoms with van der Waals surface area (Å²) in [5.74, 6) is 4.80. The maximum absolute atomic E-state index is 5.48. The Morgan fingerprint density at radius 2 is 0.321 bits per heavy atom. The van der Waals surface area contributed by atoms with E-state index in [0.29, 0.717) is 0 Å². The maximum atomic E-state index is 5.48. The van der Waals surface area contributed by atoms with E-state index in [1.807, 2.05) is 72.8 Å². The first-order chi connectivity index (χ1) is 39.8. The molecular weight excluding hydrogens is 1000 g/mol. The van der Waals surface area contributed by atoms with Gasteiger partial charge in [-0.05, 0) is 234 Å². The van der Waals surface area contributed by atoms with E-state index in [0.717, 1.165) is 119 Å². The molecule has 0 heterocycles. The summed E-state index contributed by atoms with van der Waals surface area (Å²) in [5, 5.41) is 0. The first-order valence-corrected chi connectivity index (χ1v) is 26.5. The number of benzene rings is 10. The topological polar surface area (TPSA) is 65.1 Å². The van der Waals surface area contributed by atoms with Gasteiger partial charge in [0.15, 0.2) is 0 Å².